The molecule has 8 heteroatoms. The van der Waals surface area contributed by atoms with Gasteiger partial charge in [0.25, 0.3) is 0 Å². The van der Waals surface area contributed by atoms with E-state index >= 15 is 0 Å². The highest BCUT2D eigenvalue weighted by molar-refractivity contribution is 5.88. The standard InChI is InChI=1S/C13H20N4O4/c1-5-17(9(3)7-11(18)19)13(20)16-12-14-8(2)6-10(15-12)21-4/h6,9H,5,7H2,1-4H3,(H,18,19)(H,14,15,16,20). The van der Waals surface area contributed by atoms with Gasteiger partial charge in [-0.3, -0.25) is 10.1 Å². The maximum atomic E-state index is 12.2. The number of ether oxygens (including phenoxy) is 1. The molecule has 0 saturated carbocycles. The van der Waals surface area contributed by atoms with Crippen molar-refractivity contribution in [1.29, 1.82) is 0 Å². The van der Waals surface area contributed by atoms with Crippen molar-refractivity contribution < 1.29 is 19.4 Å². The van der Waals surface area contributed by atoms with Crippen LogP contribution in [0.4, 0.5) is 10.7 Å². The minimum absolute atomic E-state index is 0.123. The summed E-state index contributed by atoms with van der Waals surface area (Å²) >= 11 is 0. The highest BCUT2D eigenvalue weighted by Crippen LogP contribution is 2.13. The Morgan fingerprint density at radius 3 is 2.67 bits per heavy atom. The van der Waals surface area contributed by atoms with Crippen LogP contribution in [0.15, 0.2) is 6.07 Å². The van der Waals surface area contributed by atoms with E-state index in [1.807, 2.05) is 0 Å². The maximum Gasteiger partial charge on any atom is 0.324 e. The molecule has 0 saturated heterocycles. The first-order valence-electron chi connectivity index (χ1n) is 6.56. The molecule has 2 amide bonds. The molecule has 1 rings (SSSR count). The Hall–Kier alpha value is -2.38. The van der Waals surface area contributed by atoms with Gasteiger partial charge in [-0.25, -0.2) is 9.78 Å². The zero-order chi connectivity index (χ0) is 16.0. The number of aliphatic carboxylic acids is 1. The van der Waals surface area contributed by atoms with Crippen LogP contribution in [0.5, 0.6) is 5.88 Å². The zero-order valence-corrected chi connectivity index (χ0v) is 12.6. The van der Waals surface area contributed by atoms with Gasteiger partial charge in [-0.15, -0.1) is 0 Å². The van der Waals surface area contributed by atoms with E-state index in [1.165, 1.54) is 12.0 Å². The molecule has 0 aromatic carbocycles. The Kier molecular flexibility index (Phi) is 5.89. The van der Waals surface area contributed by atoms with E-state index in [-0.39, 0.29) is 12.4 Å². The molecule has 0 aliphatic carbocycles. The molecule has 0 spiro atoms. The summed E-state index contributed by atoms with van der Waals surface area (Å²) in [5.41, 5.74) is 0.652. The van der Waals surface area contributed by atoms with E-state index in [4.69, 9.17) is 9.84 Å². The van der Waals surface area contributed by atoms with Gasteiger partial charge in [0.1, 0.15) is 0 Å². The predicted octanol–water partition coefficient (Wildman–Crippen LogP) is 1.51. The molecule has 0 radical (unpaired) electrons. The highest BCUT2D eigenvalue weighted by Gasteiger charge is 2.21. The summed E-state index contributed by atoms with van der Waals surface area (Å²) < 4.78 is 5.01. The Balaban J connectivity index is 2.82. The first-order chi connectivity index (χ1) is 9.87. The molecule has 0 fully saturated rings. The maximum absolute atomic E-state index is 12.2. The van der Waals surface area contributed by atoms with Crippen LogP contribution in [0.2, 0.25) is 0 Å². The second kappa shape index (κ2) is 7.41. The molecule has 0 aliphatic heterocycles. The zero-order valence-electron chi connectivity index (χ0n) is 12.6. The van der Waals surface area contributed by atoms with E-state index in [2.05, 4.69) is 15.3 Å². The van der Waals surface area contributed by atoms with Gasteiger partial charge < -0.3 is 14.7 Å². The number of amides is 2. The SMILES string of the molecule is CCN(C(=O)Nc1nc(C)cc(OC)n1)C(C)CC(=O)O. The third kappa shape index (κ3) is 4.90. The second-order valence-electron chi connectivity index (χ2n) is 4.54. The first kappa shape index (κ1) is 16.7. The molecule has 1 atom stereocenters. The van der Waals surface area contributed by atoms with Crippen molar-refractivity contribution >= 4 is 17.9 Å². The third-order valence-corrected chi connectivity index (χ3v) is 2.86. The summed E-state index contributed by atoms with van der Waals surface area (Å²) in [6.07, 6.45) is -0.126. The van der Waals surface area contributed by atoms with Gasteiger partial charge in [-0.2, -0.15) is 4.98 Å². The van der Waals surface area contributed by atoms with E-state index in [9.17, 15) is 9.59 Å². The Morgan fingerprint density at radius 2 is 2.14 bits per heavy atom. The lowest BCUT2D eigenvalue weighted by molar-refractivity contribution is -0.137. The fraction of sp³-hybridized carbons (Fsp3) is 0.538. The predicted molar refractivity (Wildman–Crippen MR) is 76.4 cm³/mol. The third-order valence-electron chi connectivity index (χ3n) is 2.86. The lowest BCUT2D eigenvalue weighted by atomic mass is 10.2. The smallest absolute Gasteiger partial charge is 0.324 e. The molecule has 21 heavy (non-hydrogen) atoms. The lowest BCUT2D eigenvalue weighted by Gasteiger charge is -2.26. The summed E-state index contributed by atoms with van der Waals surface area (Å²) in [6, 6.07) is 0.762. The minimum atomic E-state index is -0.956. The second-order valence-corrected chi connectivity index (χ2v) is 4.54. The van der Waals surface area contributed by atoms with Gasteiger partial charge in [-0.1, -0.05) is 0 Å². The molecule has 8 nitrogen and oxygen atoms in total. The van der Waals surface area contributed by atoms with E-state index in [0.717, 1.165) is 0 Å². The molecule has 1 aromatic heterocycles. The quantitative estimate of drug-likeness (QED) is 0.824. The van der Waals surface area contributed by atoms with Gasteiger partial charge in [0.15, 0.2) is 0 Å². The van der Waals surface area contributed by atoms with Crippen LogP contribution in [-0.4, -0.2) is 51.7 Å². The van der Waals surface area contributed by atoms with Gasteiger partial charge in [0, 0.05) is 24.3 Å². The molecular weight excluding hydrogens is 276 g/mol. The number of aromatic nitrogens is 2. The average molecular weight is 296 g/mol. The number of hydrogen-bond donors (Lipinski definition) is 2. The Labute approximate surface area is 123 Å². The number of urea groups is 1. The topological polar surface area (TPSA) is 105 Å². The number of anilines is 1. The molecule has 1 unspecified atom stereocenters. The number of nitrogens with zero attached hydrogens (tertiary/aromatic N) is 3. The summed E-state index contributed by atoms with van der Waals surface area (Å²) in [7, 11) is 1.47. The summed E-state index contributed by atoms with van der Waals surface area (Å²) in [6.45, 7) is 5.58. The number of carbonyl (C=O) groups excluding carboxylic acids is 1. The van der Waals surface area contributed by atoms with Crippen molar-refractivity contribution in [2.24, 2.45) is 0 Å². The highest BCUT2D eigenvalue weighted by atomic mass is 16.5. The van der Waals surface area contributed by atoms with Crippen molar-refractivity contribution in [3.8, 4) is 5.88 Å². The van der Waals surface area contributed by atoms with Crippen LogP contribution >= 0.6 is 0 Å². The number of carboxylic acids is 1. The van der Waals surface area contributed by atoms with Crippen LogP contribution in [0.3, 0.4) is 0 Å². The summed E-state index contributed by atoms with van der Waals surface area (Å²) in [5, 5.41) is 11.4. The van der Waals surface area contributed by atoms with E-state index < -0.39 is 18.0 Å². The number of hydrogen-bond acceptors (Lipinski definition) is 5. The Morgan fingerprint density at radius 1 is 1.48 bits per heavy atom. The van der Waals surface area contributed by atoms with E-state index in [0.29, 0.717) is 18.1 Å². The van der Waals surface area contributed by atoms with Crippen LogP contribution < -0.4 is 10.1 Å². The van der Waals surface area contributed by atoms with Gasteiger partial charge in [0.2, 0.25) is 11.8 Å². The lowest BCUT2D eigenvalue weighted by Crippen LogP contribution is -2.42. The molecule has 2 N–H and O–H groups in total. The fourth-order valence-electron chi connectivity index (χ4n) is 1.89. The van der Waals surface area contributed by atoms with E-state index in [1.54, 1.807) is 26.8 Å². The van der Waals surface area contributed by atoms with Crippen LogP contribution in [0.1, 0.15) is 26.0 Å². The number of carbonyl (C=O) groups is 2. The fourth-order valence-corrected chi connectivity index (χ4v) is 1.89. The normalized spacial score (nSPS) is 11.6. The van der Waals surface area contributed by atoms with Crippen molar-refractivity contribution in [1.82, 2.24) is 14.9 Å². The molecular formula is C13H20N4O4. The van der Waals surface area contributed by atoms with Crippen molar-refractivity contribution in [3.05, 3.63) is 11.8 Å². The van der Waals surface area contributed by atoms with Crippen molar-refractivity contribution in [2.45, 2.75) is 33.2 Å². The molecule has 0 bridgehead atoms. The summed E-state index contributed by atoms with van der Waals surface area (Å²) in [5.74, 6) is -0.487. The molecule has 1 heterocycles. The number of methoxy groups -OCH3 is 1. The van der Waals surface area contributed by atoms with Gasteiger partial charge >= 0.3 is 12.0 Å². The van der Waals surface area contributed by atoms with Crippen molar-refractivity contribution in [2.75, 3.05) is 19.0 Å². The first-order valence-corrected chi connectivity index (χ1v) is 6.56. The average Bonchev–Trinajstić information content (AvgIpc) is 2.37. The number of nitrogens with one attached hydrogen (secondary N) is 1. The monoisotopic (exact) mass is 296 g/mol. The number of aryl methyl sites for hydroxylation is 1. The van der Waals surface area contributed by atoms with Gasteiger partial charge in [0.05, 0.1) is 13.5 Å². The van der Waals surface area contributed by atoms with Crippen LogP contribution in [0.25, 0.3) is 0 Å². The Bertz CT molecular complexity index is 521. The largest absolute Gasteiger partial charge is 0.481 e. The van der Waals surface area contributed by atoms with Gasteiger partial charge in [-0.05, 0) is 20.8 Å². The molecule has 1 aromatic rings. The number of rotatable bonds is 6. The van der Waals surface area contributed by atoms with Crippen LogP contribution in [-0.2, 0) is 4.79 Å². The number of carboxylic acid groups (broad SMARTS) is 1. The minimum Gasteiger partial charge on any atom is -0.481 e. The van der Waals surface area contributed by atoms with Crippen LogP contribution in [0, 0.1) is 6.92 Å². The molecule has 0 aliphatic rings. The van der Waals surface area contributed by atoms with Crippen molar-refractivity contribution in [3.63, 3.8) is 0 Å². The summed E-state index contributed by atoms with van der Waals surface area (Å²) in [4.78, 5) is 32.4. The molecule has 116 valence electrons.